The van der Waals surface area contributed by atoms with Gasteiger partial charge < -0.3 is 15.6 Å². The first-order valence-electron chi connectivity index (χ1n) is 2.68. The maximum atomic E-state index is 8.45. The molecule has 0 aromatic heterocycles. The van der Waals surface area contributed by atoms with Crippen LogP contribution in [0.5, 0.6) is 0 Å². The van der Waals surface area contributed by atoms with E-state index in [0.29, 0.717) is 0 Å². The Bertz CT molecular complexity index is 46.4. The van der Waals surface area contributed by atoms with E-state index < -0.39 is 6.23 Å². The molecule has 50 valence electrons. The van der Waals surface area contributed by atoms with Crippen LogP contribution in [0, 0.1) is 0 Å². The van der Waals surface area contributed by atoms with Crippen molar-refractivity contribution in [3.05, 3.63) is 0 Å². The molecule has 0 saturated heterocycles. The molecule has 0 fully saturated rings. The molecule has 0 aromatic rings. The third-order valence-corrected chi connectivity index (χ3v) is 0.600. The summed E-state index contributed by atoms with van der Waals surface area (Å²) < 4.78 is 4.93. The highest BCUT2D eigenvalue weighted by Gasteiger charge is 1.96. The van der Waals surface area contributed by atoms with Gasteiger partial charge in [-0.05, 0) is 13.8 Å². The Morgan fingerprint density at radius 1 is 1.62 bits per heavy atom. The minimum absolute atomic E-state index is 0.146. The van der Waals surface area contributed by atoms with Gasteiger partial charge in [0.05, 0.1) is 12.7 Å². The molecule has 3 N–H and O–H groups in total. The quantitative estimate of drug-likeness (QED) is 0.501. The van der Waals surface area contributed by atoms with Crippen LogP contribution in [0.15, 0.2) is 0 Å². The van der Waals surface area contributed by atoms with E-state index in [-0.39, 0.29) is 12.7 Å². The molecular formula is C5H13NO2. The van der Waals surface area contributed by atoms with E-state index in [4.69, 9.17) is 15.6 Å². The first kappa shape index (κ1) is 7.88. The van der Waals surface area contributed by atoms with Crippen LogP contribution < -0.4 is 5.73 Å². The predicted octanol–water partition coefficient (Wildman–Crippen LogP) is -0.311. The molecule has 0 spiro atoms. The second-order valence-corrected chi connectivity index (χ2v) is 1.95. The number of rotatable bonds is 3. The summed E-state index contributed by atoms with van der Waals surface area (Å²) in [6.07, 6.45) is -0.689. The first-order chi connectivity index (χ1) is 3.63. The van der Waals surface area contributed by atoms with Gasteiger partial charge in [0.25, 0.3) is 0 Å². The van der Waals surface area contributed by atoms with E-state index in [9.17, 15) is 0 Å². The molecule has 3 nitrogen and oxygen atoms in total. The minimum atomic E-state index is -0.836. The van der Waals surface area contributed by atoms with Crippen molar-refractivity contribution >= 4 is 0 Å². The molecule has 0 heterocycles. The zero-order valence-electron chi connectivity index (χ0n) is 5.29. The zero-order chi connectivity index (χ0) is 6.57. The number of aliphatic hydroxyl groups is 1. The summed E-state index contributed by atoms with van der Waals surface area (Å²) >= 11 is 0. The van der Waals surface area contributed by atoms with Crippen molar-refractivity contribution in [2.45, 2.75) is 26.2 Å². The normalized spacial score (nSPS) is 14.6. The van der Waals surface area contributed by atoms with Crippen LogP contribution in [0.1, 0.15) is 13.8 Å². The molecule has 0 bridgehead atoms. The smallest absolute Gasteiger partial charge is 0.126 e. The van der Waals surface area contributed by atoms with Gasteiger partial charge in [0.1, 0.15) is 6.23 Å². The Hall–Kier alpha value is -0.120. The van der Waals surface area contributed by atoms with Crippen molar-refractivity contribution in [3.8, 4) is 0 Å². The van der Waals surface area contributed by atoms with Gasteiger partial charge in [0, 0.05) is 0 Å². The average molecular weight is 119 g/mol. The van der Waals surface area contributed by atoms with Gasteiger partial charge in [-0.2, -0.15) is 0 Å². The van der Waals surface area contributed by atoms with Crippen molar-refractivity contribution < 1.29 is 9.84 Å². The van der Waals surface area contributed by atoms with Crippen molar-refractivity contribution in [2.75, 3.05) is 6.61 Å². The third-order valence-electron chi connectivity index (χ3n) is 0.600. The zero-order valence-corrected chi connectivity index (χ0v) is 5.29. The molecule has 3 heteroatoms. The van der Waals surface area contributed by atoms with Crippen LogP contribution in [0.4, 0.5) is 0 Å². The van der Waals surface area contributed by atoms with Gasteiger partial charge in [0.2, 0.25) is 0 Å². The van der Waals surface area contributed by atoms with Crippen molar-refractivity contribution in [3.63, 3.8) is 0 Å². The van der Waals surface area contributed by atoms with Gasteiger partial charge >= 0.3 is 0 Å². The first-order valence-corrected chi connectivity index (χ1v) is 2.68. The van der Waals surface area contributed by atoms with E-state index >= 15 is 0 Å². The number of hydrogen-bond acceptors (Lipinski definition) is 3. The molecule has 0 aliphatic carbocycles. The Morgan fingerprint density at radius 3 is 2.25 bits per heavy atom. The van der Waals surface area contributed by atoms with E-state index in [1.807, 2.05) is 13.8 Å². The van der Waals surface area contributed by atoms with Crippen LogP contribution in [0.2, 0.25) is 0 Å². The summed E-state index contributed by atoms with van der Waals surface area (Å²) in [5.74, 6) is 0. The number of hydrogen-bond donors (Lipinski definition) is 2. The van der Waals surface area contributed by atoms with Crippen LogP contribution in [-0.2, 0) is 4.74 Å². The Kier molecular flexibility index (Phi) is 3.77. The van der Waals surface area contributed by atoms with Gasteiger partial charge in [-0.3, -0.25) is 0 Å². The lowest BCUT2D eigenvalue weighted by Gasteiger charge is -2.07. The molecular weight excluding hydrogens is 106 g/mol. The summed E-state index contributed by atoms with van der Waals surface area (Å²) in [7, 11) is 0. The molecule has 0 radical (unpaired) electrons. The molecule has 1 unspecified atom stereocenters. The lowest BCUT2D eigenvalue weighted by molar-refractivity contribution is 0.00857. The summed E-state index contributed by atoms with van der Waals surface area (Å²) in [6, 6.07) is 0. The van der Waals surface area contributed by atoms with E-state index in [2.05, 4.69) is 0 Å². The molecule has 8 heavy (non-hydrogen) atoms. The van der Waals surface area contributed by atoms with Crippen LogP contribution in [0.25, 0.3) is 0 Å². The summed E-state index contributed by atoms with van der Waals surface area (Å²) in [5, 5.41) is 8.45. The van der Waals surface area contributed by atoms with E-state index in [0.717, 1.165) is 0 Å². The second kappa shape index (κ2) is 3.83. The van der Waals surface area contributed by atoms with Gasteiger partial charge in [0.15, 0.2) is 0 Å². The van der Waals surface area contributed by atoms with Crippen molar-refractivity contribution in [1.29, 1.82) is 0 Å². The van der Waals surface area contributed by atoms with E-state index in [1.54, 1.807) is 0 Å². The molecule has 0 aliphatic heterocycles. The molecule has 0 rings (SSSR count). The number of ether oxygens (including phenoxy) is 1. The van der Waals surface area contributed by atoms with Crippen LogP contribution in [-0.4, -0.2) is 24.0 Å². The highest BCUT2D eigenvalue weighted by molar-refractivity contribution is 4.41. The largest absolute Gasteiger partial charge is 0.376 e. The topological polar surface area (TPSA) is 55.5 Å². The predicted molar refractivity (Wildman–Crippen MR) is 31.3 cm³/mol. The molecule has 0 amide bonds. The average Bonchev–Trinajstić information content (AvgIpc) is 1.61. The summed E-state index contributed by atoms with van der Waals surface area (Å²) in [5.41, 5.74) is 4.97. The minimum Gasteiger partial charge on any atom is -0.376 e. The molecule has 0 saturated carbocycles. The van der Waals surface area contributed by atoms with Gasteiger partial charge in [-0.25, -0.2) is 0 Å². The Balaban J connectivity index is 2.93. The lowest BCUT2D eigenvalue weighted by atomic mass is 10.5. The molecule has 1 atom stereocenters. The van der Waals surface area contributed by atoms with E-state index in [1.165, 1.54) is 0 Å². The fourth-order valence-electron chi connectivity index (χ4n) is 0.291. The highest BCUT2D eigenvalue weighted by Crippen LogP contribution is 1.86. The maximum absolute atomic E-state index is 8.45. The lowest BCUT2D eigenvalue weighted by Crippen LogP contribution is -2.26. The van der Waals surface area contributed by atoms with Crippen LogP contribution >= 0.6 is 0 Å². The SMILES string of the molecule is CC(C)OCC(N)O. The monoisotopic (exact) mass is 119 g/mol. The van der Waals surface area contributed by atoms with Crippen LogP contribution in [0.3, 0.4) is 0 Å². The van der Waals surface area contributed by atoms with Gasteiger partial charge in [-0.1, -0.05) is 0 Å². The van der Waals surface area contributed by atoms with Crippen molar-refractivity contribution in [1.82, 2.24) is 0 Å². The maximum Gasteiger partial charge on any atom is 0.126 e. The second-order valence-electron chi connectivity index (χ2n) is 1.95. The molecule has 0 aromatic carbocycles. The van der Waals surface area contributed by atoms with Gasteiger partial charge in [-0.15, -0.1) is 0 Å². The Labute approximate surface area is 49.4 Å². The highest BCUT2D eigenvalue weighted by atomic mass is 16.5. The standard InChI is InChI=1S/C5H13NO2/c1-4(2)8-3-5(6)7/h4-5,7H,3,6H2,1-2H3. The third kappa shape index (κ3) is 5.88. The summed E-state index contributed by atoms with van der Waals surface area (Å²) in [4.78, 5) is 0. The van der Waals surface area contributed by atoms with Crippen molar-refractivity contribution in [2.24, 2.45) is 5.73 Å². The Morgan fingerprint density at radius 2 is 2.12 bits per heavy atom. The summed E-state index contributed by atoms with van der Waals surface area (Å²) in [6.45, 7) is 4.00. The fraction of sp³-hybridized carbons (Fsp3) is 1.00. The number of aliphatic hydroxyl groups excluding tert-OH is 1. The molecule has 0 aliphatic rings. The fourth-order valence-corrected chi connectivity index (χ4v) is 0.291. The number of nitrogens with two attached hydrogens (primary N) is 1.